The number of rotatable bonds is 6. The van der Waals surface area contributed by atoms with Crippen molar-refractivity contribution in [2.75, 3.05) is 6.54 Å². The smallest absolute Gasteiger partial charge is 0.229 e. The summed E-state index contributed by atoms with van der Waals surface area (Å²) < 4.78 is 10.5. The van der Waals surface area contributed by atoms with Crippen molar-refractivity contribution in [3.05, 3.63) is 42.0 Å². The van der Waals surface area contributed by atoms with Gasteiger partial charge in [0, 0.05) is 6.54 Å². The largest absolute Gasteiger partial charge is 0.485 e. The molecule has 0 saturated heterocycles. The van der Waals surface area contributed by atoms with Crippen molar-refractivity contribution >= 4 is 0 Å². The van der Waals surface area contributed by atoms with Crippen LogP contribution >= 0.6 is 0 Å². The van der Waals surface area contributed by atoms with E-state index in [1.165, 1.54) is 0 Å². The lowest BCUT2D eigenvalue weighted by molar-refractivity contribution is 0.0610. The van der Waals surface area contributed by atoms with Crippen LogP contribution in [0.15, 0.2) is 34.9 Å². The standard InChI is InChI=1S/C13H17N3O3/c1-13(17,9-14)7-12-15-11(16-19-12)8-18-10-5-3-2-4-6-10/h2-6,17H,7-9,14H2,1H3. The highest BCUT2D eigenvalue weighted by Crippen LogP contribution is 2.12. The highest BCUT2D eigenvalue weighted by atomic mass is 16.5. The minimum atomic E-state index is -1.04. The molecule has 1 aromatic carbocycles. The van der Waals surface area contributed by atoms with Crippen LogP contribution in [0.2, 0.25) is 0 Å². The Labute approximate surface area is 111 Å². The molecule has 1 unspecified atom stereocenters. The zero-order chi connectivity index (χ0) is 13.7. The van der Waals surface area contributed by atoms with Crippen molar-refractivity contribution in [1.82, 2.24) is 10.1 Å². The molecule has 0 fully saturated rings. The molecule has 0 spiro atoms. The third-order valence-corrected chi connectivity index (χ3v) is 2.59. The van der Waals surface area contributed by atoms with Gasteiger partial charge in [-0.15, -0.1) is 0 Å². The average molecular weight is 263 g/mol. The number of aromatic nitrogens is 2. The summed E-state index contributed by atoms with van der Waals surface area (Å²) in [5.74, 6) is 1.52. The second-order valence-electron chi connectivity index (χ2n) is 4.58. The summed E-state index contributed by atoms with van der Waals surface area (Å²) in [5.41, 5.74) is 4.39. The molecular weight excluding hydrogens is 246 g/mol. The van der Waals surface area contributed by atoms with E-state index in [0.717, 1.165) is 5.75 Å². The highest BCUT2D eigenvalue weighted by molar-refractivity contribution is 5.20. The van der Waals surface area contributed by atoms with Gasteiger partial charge in [-0.05, 0) is 19.1 Å². The van der Waals surface area contributed by atoms with Gasteiger partial charge in [-0.1, -0.05) is 23.4 Å². The van der Waals surface area contributed by atoms with Gasteiger partial charge in [0.2, 0.25) is 11.7 Å². The predicted octanol–water partition coefficient (Wildman–Crippen LogP) is 0.901. The molecular formula is C13H17N3O3. The van der Waals surface area contributed by atoms with Gasteiger partial charge < -0.3 is 20.1 Å². The van der Waals surface area contributed by atoms with Crippen molar-refractivity contribution in [1.29, 1.82) is 0 Å². The van der Waals surface area contributed by atoms with Gasteiger partial charge in [-0.25, -0.2) is 0 Å². The van der Waals surface area contributed by atoms with E-state index in [1.54, 1.807) is 6.92 Å². The van der Waals surface area contributed by atoms with Crippen LogP contribution < -0.4 is 10.5 Å². The minimum absolute atomic E-state index is 0.130. The van der Waals surface area contributed by atoms with Gasteiger partial charge in [-0.3, -0.25) is 0 Å². The van der Waals surface area contributed by atoms with Crippen molar-refractivity contribution in [3.8, 4) is 5.75 Å². The zero-order valence-electron chi connectivity index (χ0n) is 10.7. The third kappa shape index (κ3) is 4.04. The molecule has 6 heteroatoms. The first-order chi connectivity index (χ1) is 9.09. The molecule has 1 atom stereocenters. The van der Waals surface area contributed by atoms with Crippen LogP contribution in [0.5, 0.6) is 5.75 Å². The van der Waals surface area contributed by atoms with Crippen molar-refractivity contribution in [3.63, 3.8) is 0 Å². The molecule has 102 valence electrons. The summed E-state index contributed by atoms with van der Waals surface area (Å²) >= 11 is 0. The Bertz CT molecular complexity index is 511. The number of aliphatic hydroxyl groups is 1. The van der Waals surface area contributed by atoms with E-state index in [9.17, 15) is 5.11 Å². The Morgan fingerprint density at radius 2 is 2.11 bits per heavy atom. The number of nitrogens with zero attached hydrogens (tertiary/aromatic N) is 2. The Morgan fingerprint density at radius 1 is 1.37 bits per heavy atom. The van der Waals surface area contributed by atoms with Crippen LogP contribution in [0.25, 0.3) is 0 Å². The topological polar surface area (TPSA) is 94.4 Å². The second kappa shape index (κ2) is 5.81. The molecule has 1 heterocycles. The lowest BCUT2D eigenvalue weighted by atomic mass is 10.0. The zero-order valence-corrected chi connectivity index (χ0v) is 10.7. The number of benzene rings is 1. The third-order valence-electron chi connectivity index (χ3n) is 2.59. The normalized spacial score (nSPS) is 14.1. The summed E-state index contributed by atoms with van der Waals surface area (Å²) in [5, 5.41) is 13.6. The van der Waals surface area contributed by atoms with E-state index in [4.69, 9.17) is 15.0 Å². The quantitative estimate of drug-likeness (QED) is 0.804. The Balaban J connectivity index is 1.91. The van der Waals surface area contributed by atoms with Crippen LogP contribution in [0.1, 0.15) is 18.6 Å². The van der Waals surface area contributed by atoms with Crippen molar-refractivity contribution in [2.45, 2.75) is 25.6 Å². The first kappa shape index (κ1) is 13.5. The summed E-state index contributed by atoms with van der Waals surface area (Å²) in [7, 11) is 0. The van der Waals surface area contributed by atoms with Gasteiger partial charge in [0.05, 0.1) is 12.0 Å². The van der Waals surface area contributed by atoms with Gasteiger partial charge in [0.15, 0.2) is 6.61 Å². The molecule has 1 aromatic heterocycles. The maximum absolute atomic E-state index is 9.81. The van der Waals surface area contributed by atoms with E-state index in [1.807, 2.05) is 30.3 Å². The summed E-state index contributed by atoms with van der Waals surface area (Å²) in [6.45, 7) is 1.97. The monoisotopic (exact) mass is 263 g/mol. The van der Waals surface area contributed by atoms with Crippen LogP contribution in [-0.4, -0.2) is 27.4 Å². The maximum Gasteiger partial charge on any atom is 0.229 e. The van der Waals surface area contributed by atoms with Crippen molar-refractivity contribution in [2.24, 2.45) is 5.73 Å². The molecule has 0 saturated carbocycles. The lowest BCUT2D eigenvalue weighted by Crippen LogP contribution is -2.36. The second-order valence-corrected chi connectivity index (χ2v) is 4.58. The summed E-state index contributed by atoms with van der Waals surface area (Å²) in [6, 6.07) is 9.37. The predicted molar refractivity (Wildman–Crippen MR) is 68.5 cm³/mol. The minimum Gasteiger partial charge on any atom is -0.485 e. The van der Waals surface area contributed by atoms with Crippen molar-refractivity contribution < 1.29 is 14.4 Å². The van der Waals surface area contributed by atoms with Crippen LogP contribution in [0, 0.1) is 0 Å². The molecule has 0 aliphatic rings. The van der Waals surface area contributed by atoms with E-state index in [0.29, 0.717) is 11.7 Å². The van der Waals surface area contributed by atoms with Crippen LogP contribution in [-0.2, 0) is 13.0 Å². The summed E-state index contributed by atoms with van der Waals surface area (Å²) in [4.78, 5) is 4.14. The van der Waals surface area contributed by atoms with Gasteiger partial charge in [-0.2, -0.15) is 4.98 Å². The Kier molecular flexibility index (Phi) is 4.13. The number of hydrogen-bond donors (Lipinski definition) is 2. The fourth-order valence-corrected chi connectivity index (χ4v) is 1.48. The molecule has 6 nitrogen and oxygen atoms in total. The van der Waals surface area contributed by atoms with Gasteiger partial charge in [0.25, 0.3) is 0 Å². The lowest BCUT2D eigenvalue weighted by Gasteiger charge is -2.17. The maximum atomic E-state index is 9.81. The van der Waals surface area contributed by atoms with Crippen LogP contribution in [0.3, 0.4) is 0 Å². The first-order valence-corrected chi connectivity index (χ1v) is 6.01. The van der Waals surface area contributed by atoms with E-state index in [2.05, 4.69) is 10.1 Å². The van der Waals surface area contributed by atoms with E-state index in [-0.39, 0.29) is 19.6 Å². The molecule has 0 amide bonds. The van der Waals surface area contributed by atoms with Crippen LogP contribution in [0.4, 0.5) is 0 Å². The molecule has 19 heavy (non-hydrogen) atoms. The Morgan fingerprint density at radius 3 is 2.79 bits per heavy atom. The Hall–Kier alpha value is -1.92. The van der Waals surface area contributed by atoms with E-state index >= 15 is 0 Å². The highest BCUT2D eigenvalue weighted by Gasteiger charge is 2.22. The molecule has 0 radical (unpaired) electrons. The molecule has 0 aliphatic heterocycles. The number of hydrogen-bond acceptors (Lipinski definition) is 6. The number of para-hydroxylation sites is 1. The number of ether oxygens (including phenoxy) is 1. The molecule has 2 aromatic rings. The first-order valence-electron chi connectivity index (χ1n) is 6.01. The SMILES string of the molecule is CC(O)(CN)Cc1nc(COc2ccccc2)no1. The molecule has 2 rings (SSSR count). The fraction of sp³-hybridized carbons (Fsp3) is 0.385. The van der Waals surface area contributed by atoms with Gasteiger partial charge >= 0.3 is 0 Å². The molecule has 0 bridgehead atoms. The average Bonchev–Trinajstić information content (AvgIpc) is 2.84. The fourth-order valence-electron chi connectivity index (χ4n) is 1.48. The summed E-state index contributed by atoms with van der Waals surface area (Å²) in [6.07, 6.45) is 0.224. The van der Waals surface area contributed by atoms with E-state index < -0.39 is 5.60 Å². The molecule has 3 N–H and O–H groups in total. The molecule has 0 aliphatic carbocycles. The number of nitrogens with two attached hydrogens (primary N) is 1. The van der Waals surface area contributed by atoms with Gasteiger partial charge in [0.1, 0.15) is 5.75 Å².